The van der Waals surface area contributed by atoms with Gasteiger partial charge in [0.25, 0.3) is 5.56 Å². The molecule has 0 spiro atoms. The molecule has 0 aliphatic carbocycles. The number of ether oxygens (including phenoxy) is 1. The number of aromatic nitrogens is 6. The third kappa shape index (κ3) is 3.51. The molecule has 0 unspecified atom stereocenters. The van der Waals surface area contributed by atoms with Crippen molar-refractivity contribution in [3.63, 3.8) is 0 Å². The van der Waals surface area contributed by atoms with Crippen LogP contribution in [0.2, 0.25) is 0 Å². The first-order valence-electron chi connectivity index (χ1n) is 9.29. The first kappa shape index (κ1) is 18.9. The molecule has 0 fully saturated rings. The molecular formula is C20H21FN6O2. The zero-order valence-electron chi connectivity index (χ0n) is 16.4. The van der Waals surface area contributed by atoms with E-state index < -0.39 is 6.67 Å². The molecule has 29 heavy (non-hydrogen) atoms. The van der Waals surface area contributed by atoms with Gasteiger partial charge < -0.3 is 4.74 Å². The molecule has 9 heteroatoms. The smallest absolute Gasteiger partial charge is 0.306 e. The van der Waals surface area contributed by atoms with E-state index in [1.807, 2.05) is 26.0 Å². The highest BCUT2D eigenvalue weighted by molar-refractivity contribution is 5.73. The van der Waals surface area contributed by atoms with E-state index in [9.17, 15) is 9.18 Å². The molecule has 0 bridgehead atoms. The highest BCUT2D eigenvalue weighted by atomic mass is 19.1. The molecule has 0 saturated heterocycles. The predicted molar refractivity (Wildman–Crippen MR) is 107 cm³/mol. The van der Waals surface area contributed by atoms with Crippen molar-refractivity contribution in [3.05, 3.63) is 53.2 Å². The highest BCUT2D eigenvalue weighted by Gasteiger charge is 2.16. The number of fused-ring (bicyclic) bond motifs is 1. The average Bonchev–Trinajstić information content (AvgIpc) is 3.34. The van der Waals surface area contributed by atoms with Gasteiger partial charge in [-0.05, 0) is 31.5 Å². The number of rotatable bonds is 6. The molecule has 0 saturated carbocycles. The second-order valence-corrected chi connectivity index (χ2v) is 6.99. The number of benzene rings is 1. The Bertz CT molecular complexity index is 1210. The minimum atomic E-state index is -0.459. The first-order valence-corrected chi connectivity index (χ1v) is 9.29. The van der Waals surface area contributed by atoms with Gasteiger partial charge >= 0.3 is 6.01 Å². The lowest BCUT2D eigenvalue weighted by atomic mass is 10.1. The number of hydrogen-bond donors (Lipinski definition) is 0. The Morgan fingerprint density at radius 1 is 1.10 bits per heavy atom. The molecule has 0 radical (unpaired) electrons. The molecule has 3 heterocycles. The van der Waals surface area contributed by atoms with Crippen molar-refractivity contribution in [1.29, 1.82) is 0 Å². The molecule has 4 rings (SSSR count). The van der Waals surface area contributed by atoms with Crippen molar-refractivity contribution in [2.45, 2.75) is 26.4 Å². The maximum absolute atomic E-state index is 12.6. The fourth-order valence-electron chi connectivity index (χ4n) is 3.06. The zero-order chi connectivity index (χ0) is 20.5. The first-order chi connectivity index (χ1) is 14.0. The summed E-state index contributed by atoms with van der Waals surface area (Å²) in [6.45, 7) is 3.72. The normalized spacial score (nSPS) is 11.5. The van der Waals surface area contributed by atoms with Crippen molar-refractivity contribution >= 4 is 11.0 Å². The Morgan fingerprint density at radius 3 is 2.55 bits per heavy atom. The lowest BCUT2D eigenvalue weighted by molar-refractivity contribution is 0.413. The summed E-state index contributed by atoms with van der Waals surface area (Å²) in [5, 5.41) is 8.84. The number of nitrogens with zero attached hydrogens (tertiary/aromatic N) is 6. The maximum Gasteiger partial charge on any atom is 0.306 e. The van der Waals surface area contributed by atoms with Crippen molar-refractivity contribution in [1.82, 2.24) is 29.1 Å². The summed E-state index contributed by atoms with van der Waals surface area (Å²) in [5.74, 6) is 0.544. The monoisotopic (exact) mass is 396 g/mol. The fraction of sp³-hybridized carbons (Fsp3) is 0.300. The van der Waals surface area contributed by atoms with E-state index in [0.29, 0.717) is 16.8 Å². The van der Waals surface area contributed by atoms with E-state index in [4.69, 9.17) is 4.74 Å². The van der Waals surface area contributed by atoms with Gasteiger partial charge in [0.1, 0.15) is 17.8 Å². The van der Waals surface area contributed by atoms with Crippen LogP contribution in [0.4, 0.5) is 4.39 Å². The van der Waals surface area contributed by atoms with Crippen molar-refractivity contribution in [3.8, 4) is 22.9 Å². The summed E-state index contributed by atoms with van der Waals surface area (Å²) in [6, 6.07) is 7.59. The van der Waals surface area contributed by atoms with Crippen LogP contribution in [0.1, 0.15) is 19.9 Å². The number of alkyl halides is 1. The van der Waals surface area contributed by atoms with Gasteiger partial charge in [-0.25, -0.2) is 9.07 Å². The van der Waals surface area contributed by atoms with Crippen LogP contribution in [0.15, 0.2) is 47.7 Å². The standard InChI is InChI=1S/C20H21FN6O2/c1-13(2)27-18-17(11-23-27)19(28)25(3)20(24-18)29-16-6-4-14(5-7-16)15-10-22-26(12-15)9-8-21/h4-7,10-13H,8-9H2,1-3H3. The molecule has 3 aromatic heterocycles. The van der Waals surface area contributed by atoms with Gasteiger partial charge in [0.2, 0.25) is 0 Å². The minimum Gasteiger partial charge on any atom is -0.425 e. The van der Waals surface area contributed by atoms with E-state index in [1.54, 1.807) is 40.9 Å². The summed E-state index contributed by atoms with van der Waals surface area (Å²) < 4.78 is 22.9. The van der Waals surface area contributed by atoms with Crippen LogP contribution in [-0.4, -0.2) is 35.8 Å². The van der Waals surface area contributed by atoms with E-state index in [-0.39, 0.29) is 24.2 Å². The molecule has 4 aromatic rings. The lowest BCUT2D eigenvalue weighted by Crippen LogP contribution is -2.20. The fourth-order valence-corrected chi connectivity index (χ4v) is 3.06. The van der Waals surface area contributed by atoms with Crippen molar-refractivity contribution in [2.75, 3.05) is 6.67 Å². The average molecular weight is 396 g/mol. The highest BCUT2D eigenvalue weighted by Crippen LogP contribution is 2.25. The van der Waals surface area contributed by atoms with Gasteiger partial charge in [0.05, 0.1) is 18.9 Å². The Morgan fingerprint density at radius 2 is 1.86 bits per heavy atom. The van der Waals surface area contributed by atoms with Gasteiger partial charge in [0.15, 0.2) is 5.65 Å². The maximum atomic E-state index is 12.6. The molecule has 0 aliphatic rings. The zero-order valence-corrected chi connectivity index (χ0v) is 16.4. The second kappa shape index (κ2) is 7.50. The molecule has 150 valence electrons. The summed E-state index contributed by atoms with van der Waals surface area (Å²) in [7, 11) is 1.62. The Balaban J connectivity index is 1.63. The lowest BCUT2D eigenvalue weighted by Gasteiger charge is -2.11. The third-order valence-electron chi connectivity index (χ3n) is 4.63. The topological polar surface area (TPSA) is 79.8 Å². The Kier molecular flexibility index (Phi) is 4.87. The summed E-state index contributed by atoms with van der Waals surface area (Å²) in [5.41, 5.74) is 2.10. The number of hydrogen-bond acceptors (Lipinski definition) is 5. The third-order valence-corrected chi connectivity index (χ3v) is 4.63. The van der Waals surface area contributed by atoms with E-state index in [0.717, 1.165) is 11.1 Å². The van der Waals surface area contributed by atoms with Crippen LogP contribution in [0.3, 0.4) is 0 Å². The molecular weight excluding hydrogens is 375 g/mol. The van der Waals surface area contributed by atoms with Gasteiger partial charge in [0, 0.05) is 24.8 Å². The molecule has 0 aliphatic heterocycles. The van der Waals surface area contributed by atoms with Gasteiger partial charge in [-0.15, -0.1) is 0 Å². The van der Waals surface area contributed by atoms with Crippen LogP contribution in [0.5, 0.6) is 11.8 Å². The van der Waals surface area contributed by atoms with Gasteiger partial charge in [-0.3, -0.25) is 14.0 Å². The van der Waals surface area contributed by atoms with E-state index >= 15 is 0 Å². The molecule has 0 amide bonds. The summed E-state index contributed by atoms with van der Waals surface area (Å²) >= 11 is 0. The Hall–Kier alpha value is -3.49. The molecule has 1 aromatic carbocycles. The summed E-state index contributed by atoms with van der Waals surface area (Å²) in [6.07, 6.45) is 5.02. The Labute approximate surface area is 166 Å². The van der Waals surface area contributed by atoms with Crippen molar-refractivity contribution < 1.29 is 9.13 Å². The SMILES string of the molecule is CC(C)n1ncc2c(=O)n(C)c(Oc3ccc(-c4cnn(CCF)c4)cc3)nc21. The molecule has 8 nitrogen and oxygen atoms in total. The summed E-state index contributed by atoms with van der Waals surface area (Å²) in [4.78, 5) is 17.1. The van der Waals surface area contributed by atoms with Gasteiger partial charge in [-0.2, -0.15) is 15.2 Å². The largest absolute Gasteiger partial charge is 0.425 e. The minimum absolute atomic E-state index is 0.0672. The number of aryl methyl sites for hydroxylation is 1. The predicted octanol–water partition coefficient (Wildman–Crippen LogP) is 3.34. The molecule has 0 N–H and O–H groups in total. The van der Waals surface area contributed by atoms with Crippen LogP contribution in [-0.2, 0) is 13.6 Å². The second-order valence-electron chi connectivity index (χ2n) is 6.99. The van der Waals surface area contributed by atoms with Gasteiger partial charge in [-0.1, -0.05) is 12.1 Å². The quantitative estimate of drug-likeness (QED) is 0.499. The van der Waals surface area contributed by atoms with E-state index in [1.165, 1.54) is 10.8 Å². The van der Waals surface area contributed by atoms with Crippen molar-refractivity contribution in [2.24, 2.45) is 7.05 Å². The van der Waals surface area contributed by atoms with Crippen LogP contribution in [0, 0.1) is 0 Å². The molecule has 0 atom stereocenters. The van der Waals surface area contributed by atoms with Crippen LogP contribution in [0.25, 0.3) is 22.2 Å². The number of halogens is 1. The van der Waals surface area contributed by atoms with Crippen LogP contribution >= 0.6 is 0 Å². The van der Waals surface area contributed by atoms with Crippen LogP contribution < -0.4 is 10.3 Å². The van der Waals surface area contributed by atoms with E-state index in [2.05, 4.69) is 15.2 Å².